The van der Waals surface area contributed by atoms with Crippen LogP contribution in [0.25, 0.3) is 10.1 Å². The highest BCUT2D eigenvalue weighted by molar-refractivity contribution is 7.52. The van der Waals surface area contributed by atoms with Gasteiger partial charge in [-0.1, -0.05) is 18.2 Å². The highest BCUT2D eigenvalue weighted by atomic mass is 32.1. The highest BCUT2D eigenvalue weighted by Crippen LogP contribution is 2.54. The monoisotopic (exact) mass is 513 g/mol. The molecule has 1 aliphatic rings. The summed E-state index contributed by atoms with van der Waals surface area (Å²) < 4.78 is 24.1. The number of rotatable bonds is 6. The van der Waals surface area contributed by atoms with Gasteiger partial charge in [-0.2, -0.15) is 0 Å². The number of H-pyrrole nitrogens is 1. The molecule has 1 amide bonds. The van der Waals surface area contributed by atoms with E-state index in [-0.39, 0.29) is 4.88 Å². The molecule has 0 spiro atoms. The summed E-state index contributed by atoms with van der Waals surface area (Å²) in [6.07, 6.45) is -5.73. The largest absolute Gasteiger partial charge is 0.427 e. The molecule has 0 bridgehead atoms. The van der Waals surface area contributed by atoms with E-state index in [0.717, 1.165) is 38.3 Å². The summed E-state index contributed by atoms with van der Waals surface area (Å²) in [6, 6.07) is 9.58. The number of carbonyl (C=O) groups is 1. The predicted molar refractivity (Wildman–Crippen MR) is 118 cm³/mol. The Balaban J connectivity index is 1.43. The molecule has 4 rings (SSSR count). The van der Waals surface area contributed by atoms with Crippen LogP contribution in [0.1, 0.15) is 17.0 Å². The average Bonchev–Trinajstić information content (AvgIpc) is 3.31. The van der Waals surface area contributed by atoms with Crippen LogP contribution in [-0.4, -0.2) is 60.5 Å². The number of thiophene rings is 1. The Bertz CT molecular complexity index is 1330. The number of alkyl carbamates (subject to hydrolysis) is 1. The molecular weight excluding hydrogens is 493 g/mol. The van der Waals surface area contributed by atoms with Gasteiger partial charge in [0.05, 0.1) is 4.88 Å². The third kappa shape index (κ3) is 4.98. The normalized spacial score (nSPS) is 23.6. The molecule has 0 aliphatic carbocycles. The van der Waals surface area contributed by atoms with Crippen LogP contribution in [0, 0.1) is 0 Å². The molecule has 2 aromatic heterocycles. The van der Waals surface area contributed by atoms with Gasteiger partial charge in [-0.15, -0.1) is 11.3 Å². The average molecular weight is 513 g/mol. The molecule has 3 aromatic rings. The van der Waals surface area contributed by atoms with Gasteiger partial charge in [-0.3, -0.25) is 18.9 Å². The van der Waals surface area contributed by atoms with E-state index in [2.05, 4.69) is 5.32 Å². The molecule has 0 saturated carbocycles. The van der Waals surface area contributed by atoms with E-state index >= 15 is 0 Å². The maximum absolute atomic E-state index is 12.3. The molecular formula is C19H20N3O10PS. The van der Waals surface area contributed by atoms with Crippen molar-refractivity contribution in [3.8, 4) is 0 Å². The van der Waals surface area contributed by atoms with Crippen molar-refractivity contribution < 1.29 is 38.8 Å². The highest BCUT2D eigenvalue weighted by Gasteiger charge is 2.44. The molecule has 15 heteroatoms. The lowest BCUT2D eigenvalue weighted by Gasteiger charge is -2.19. The van der Waals surface area contributed by atoms with E-state index in [4.69, 9.17) is 9.47 Å². The van der Waals surface area contributed by atoms with E-state index < -0.39 is 61.9 Å². The lowest BCUT2D eigenvalue weighted by atomic mass is 10.1. The van der Waals surface area contributed by atoms with Crippen molar-refractivity contribution >= 4 is 35.1 Å². The van der Waals surface area contributed by atoms with Crippen molar-refractivity contribution in [2.75, 3.05) is 6.54 Å². The molecule has 6 N–H and O–H groups in total. The molecule has 0 radical (unpaired) electrons. The van der Waals surface area contributed by atoms with Gasteiger partial charge in [0.2, 0.25) is 5.85 Å². The molecule has 3 heterocycles. The van der Waals surface area contributed by atoms with Crippen LogP contribution in [0.3, 0.4) is 0 Å². The fourth-order valence-electron chi connectivity index (χ4n) is 3.50. The van der Waals surface area contributed by atoms with Crippen molar-refractivity contribution in [1.29, 1.82) is 0 Å². The van der Waals surface area contributed by atoms with Gasteiger partial charge >= 0.3 is 19.4 Å². The number of aliphatic hydroxyl groups excluding tert-OH is 2. The zero-order chi connectivity index (χ0) is 24.6. The standard InChI is InChI=1S/C19H20N3O10PS/c23-13-5-6-22(18(26)21-13)16-15(25)14(24)10(31-16)8-20-19(27)32-17(33(28,29)30)12-7-9-3-1-2-4-11(9)34-12/h1-7,10,14-17,24-25H,8H2,(H,20,27)(H,21,23,26)(H2,28,29,30)/t10-,14-,15-,16-,17?/m1/s1. The topological polar surface area (TPSA) is 200 Å². The second kappa shape index (κ2) is 9.43. The summed E-state index contributed by atoms with van der Waals surface area (Å²) >= 11 is 1.07. The summed E-state index contributed by atoms with van der Waals surface area (Å²) in [4.78, 5) is 57.1. The molecule has 13 nitrogen and oxygen atoms in total. The lowest BCUT2D eigenvalue weighted by molar-refractivity contribution is -0.0391. The van der Waals surface area contributed by atoms with Gasteiger partial charge in [-0.05, 0) is 17.5 Å². The second-order valence-electron chi connectivity index (χ2n) is 7.48. The molecule has 1 aliphatic heterocycles. The number of fused-ring (bicyclic) bond motifs is 1. The Morgan fingerprint density at radius 2 is 1.97 bits per heavy atom. The van der Waals surface area contributed by atoms with Crippen LogP contribution < -0.4 is 16.6 Å². The SMILES string of the molecule is O=C(NC[C@H]1O[C@@H](n2ccc(=O)[nH]c2=O)[C@H](O)[C@@H]1O)OC(c1cc2ccccc2s1)P(=O)(O)O. The first-order valence-electron chi connectivity index (χ1n) is 9.86. The predicted octanol–water partition coefficient (Wildman–Crippen LogP) is -0.0268. The van der Waals surface area contributed by atoms with Crippen molar-refractivity contribution in [3.63, 3.8) is 0 Å². The molecule has 34 heavy (non-hydrogen) atoms. The first-order valence-corrected chi connectivity index (χ1v) is 12.4. The molecule has 1 saturated heterocycles. The Hall–Kier alpha value is -2.84. The van der Waals surface area contributed by atoms with Crippen LogP contribution in [0.5, 0.6) is 0 Å². The number of aromatic amines is 1. The molecule has 5 atom stereocenters. The quantitative estimate of drug-likeness (QED) is 0.243. The number of nitrogens with zero attached hydrogens (tertiary/aromatic N) is 1. The minimum absolute atomic E-state index is 0.148. The number of ether oxygens (including phenoxy) is 2. The van der Waals surface area contributed by atoms with Crippen molar-refractivity contribution in [1.82, 2.24) is 14.9 Å². The summed E-state index contributed by atoms with van der Waals surface area (Å²) in [7, 11) is -4.90. The van der Waals surface area contributed by atoms with Crippen molar-refractivity contribution in [3.05, 3.63) is 68.3 Å². The summed E-state index contributed by atoms with van der Waals surface area (Å²) in [5, 5.41) is 23.4. The van der Waals surface area contributed by atoms with Crippen LogP contribution in [0.2, 0.25) is 0 Å². The first-order chi connectivity index (χ1) is 16.0. The number of benzene rings is 1. The van der Waals surface area contributed by atoms with E-state index in [9.17, 15) is 38.9 Å². The summed E-state index contributed by atoms with van der Waals surface area (Å²) in [5.74, 6) is -1.85. The number of hydrogen-bond donors (Lipinski definition) is 6. The minimum Gasteiger partial charge on any atom is -0.427 e. The maximum atomic E-state index is 12.3. The number of aliphatic hydroxyl groups is 2. The van der Waals surface area contributed by atoms with E-state index in [0.29, 0.717) is 0 Å². The summed E-state index contributed by atoms with van der Waals surface area (Å²) in [6.45, 7) is -0.411. The number of amides is 1. The Labute approximate surface area is 194 Å². The smallest absolute Gasteiger partial charge is 0.408 e. The minimum atomic E-state index is -4.90. The van der Waals surface area contributed by atoms with Crippen LogP contribution in [-0.2, 0) is 14.0 Å². The Morgan fingerprint density at radius 3 is 2.65 bits per heavy atom. The Kier molecular flexibility index (Phi) is 6.73. The Morgan fingerprint density at radius 1 is 1.24 bits per heavy atom. The van der Waals surface area contributed by atoms with Gasteiger partial charge in [-0.25, -0.2) is 9.59 Å². The summed E-state index contributed by atoms with van der Waals surface area (Å²) in [5.41, 5.74) is -1.53. The van der Waals surface area contributed by atoms with E-state index in [1.807, 2.05) is 4.98 Å². The second-order valence-corrected chi connectivity index (χ2v) is 10.2. The first kappa shape index (κ1) is 24.3. The molecule has 1 unspecified atom stereocenters. The number of aromatic nitrogens is 2. The van der Waals surface area contributed by atoms with Crippen LogP contribution in [0.4, 0.5) is 4.79 Å². The zero-order valence-corrected chi connectivity index (χ0v) is 18.9. The van der Waals surface area contributed by atoms with Crippen molar-refractivity contribution in [2.45, 2.75) is 30.4 Å². The maximum Gasteiger partial charge on any atom is 0.408 e. The fourth-order valence-corrected chi connectivity index (χ4v) is 5.69. The van der Waals surface area contributed by atoms with Crippen LogP contribution >= 0.6 is 18.9 Å². The van der Waals surface area contributed by atoms with Crippen molar-refractivity contribution in [2.24, 2.45) is 0 Å². The fraction of sp³-hybridized carbons (Fsp3) is 0.316. The van der Waals surface area contributed by atoms with Gasteiger partial charge < -0.3 is 34.8 Å². The number of nitrogens with one attached hydrogen (secondary N) is 2. The molecule has 182 valence electrons. The third-order valence-corrected chi connectivity index (χ3v) is 7.45. The number of hydrogen-bond acceptors (Lipinski definition) is 9. The third-order valence-electron chi connectivity index (χ3n) is 5.12. The van der Waals surface area contributed by atoms with Crippen LogP contribution in [0.15, 0.2) is 52.2 Å². The van der Waals surface area contributed by atoms with Gasteiger partial charge in [0.1, 0.15) is 18.3 Å². The van der Waals surface area contributed by atoms with Gasteiger partial charge in [0.25, 0.3) is 5.56 Å². The lowest BCUT2D eigenvalue weighted by Crippen LogP contribution is -2.40. The molecule has 1 aromatic carbocycles. The van der Waals surface area contributed by atoms with Gasteiger partial charge in [0, 0.05) is 23.5 Å². The zero-order valence-electron chi connectivity index (χ0n) is 17.2. The molecule has 1 fully saturated rings. The van der Waals surface area contributed by atoms with E-state index in [1.54, 1.807) is 24.3 Å². The van der Waals surface area contributed by atoms with E-state index in [1.165, 1.54) is 6.07 Å². The van der Waals surface area contributed by atoms with Gasteiger partial charge in [0.15, 0.2) is 6.23 Å². The number of carbonyl (C=O) groups excluding carboxylic acids is 1.